The van der Waals surface area contributed by atoms with Crippen molar-refractivity contribution in [3.8, 4) is 11.5 Å². The highest BCUT2D eigenvalue weighted by atomic mass is 16.5. The summed E-state index contributed by atoms with van der Waals surface area (Å²) in [7, 11) is 0. The molecule has 4 nitrogen and oxygen atoms in total. The molecule has 0 spiro atoms. The van der Waals surface area contributed by atoms with E-state index in [0.717, 1.165) is 37.7 Å². The van der Waals surface area contributed by atoms with Crippen LogP contribution in [0.25, 0.3) is 0 Å². The number of hydrogen-bond donors (Lipinski definition) is 1. The van der Waals surface area contributed by atoms with Gasteiger partial charge in [0.15, 0.2) is 11.5 Å². The molecule has 116 valence electrons. The van der Waals surface area contributed by atoms with Crippen LogP contribution in [0.3, 0.4) is 0 Å². The van der Waals surface area contributed by atoms with Crippen LogP contribution in [-0.4, -0.2) is 43.8 Å². The molecule has 1 aromatic carbocycles. The highest BCUT2D eigenvalue weighted by molar-refractivity contribution is 5.43. The third-order valence-electron chi connectivity index (χ3n) is 4.44. The maximum absolute atomic E-state index is 5.75. The first-order valence-corrected chi connectivity index (χ1v) is 8.19. The van der Waals surface area contributed by atoms with Gasteiger partial charge in [-0.1, -0.05) is 13.0 Å². The minimum absolute atomic E-state index is 0.642. The maximum Gasteiger partial charge on any atom is 0.161 e. The molecule has 0 aliphatic carbocycles. The van der Waals surface area contributed by atoms with E-state index >= 15 is 0 Å². The highest BCUT2D eigenvalue weighted by Crippen LogP contribution is 2.30. The van der Waals surface area contributed by atoms with Gasteiger partial charge in [0.2, 0.25) is 0 Å². The molecule has 2 aliphatic heterocycles. The monoisotopic (exact) mass is 290 g/mol. The predicted molar refractivity (Wildman–Crippen MR) is 84.0 cm³/mol. The van der Waals surface area contributed by atoms with Crippen LogP contribution in [0.4, 0.5) is 0 Å². The Morgan fingerprint density at radius 2 is 1.90 bits per heavy atom. The van der Waals surface area contributed by atoms with Crippen molar-refractivity contribution >= 4 is 0 Å². The second-order valence-electron chi connectivity index (χ2n) is 5.92. The Morgan fingerprint density at radius 3 is 2.67 bits per heavy atom. The van der Waals surface area contributed by atoms with Gasteiger partial charge in [0.25, 0.3) is 0 Å². The van der Waals surface area contributed by atoms with E-state index in [2.05, 4.69) is 29.3 Å². The van der Waals surface area contributed by atoms with Crippen molar-refractivity contribution in [2.45, 2.75) is 38.8 Å². The lowest BCUT2D eigenvalue weighted by atomic mass is 10.0. The minimum Gasteiger partial charge on any atom is -0.490 e. The van der Waals surface area contributed by atoms with Gasteiger partial charge in [0.1, 0.15) is 0 Å². The zero-order chi connectivity index (χ0) is 14.5. The Bertz CT molecular complexity index is 456. The van der Waals surface area contributed by atoms with Crippen molar-refractivity contribution in [1.82, 2.24) is 10.2 Å². The lowest BCUT2D eigenvalue weighted by molar-refractivity contribution is 0.206. The van der Waals surface area contributed by atoms with Gasteiger partial charge in [-0.2, -0.15) is 0 Å². The van der Waals surface area contributed by atoms with E-state index in [1.54, 1.807) is 0 Å². The first-order chi connectivity index (χ1) is 10.3. The normalized spacial score (nSPS) is 20.2. The number of nitrogens with one attached hydrogen (secondary N) is 1. The zero-order valence-corrected chi connectivity index (χ0v) is 12.9. The molecule has 0 unspecified atom stereocenters. The van der Waals surface area contributed by atoms with Crippen LogP contribution >= 0.6 is 0 Å². The standard InChI is InChI=1S/C17H26N2O2/c1-2-19-8-6-15(7-9-19)18-13-14-4-5-16-17(12-14)21-11-3-10-20-16/h4-5,12,15,18H,2-3,6-11,13H2,1H3. The summed E-state index contributed by atoms with van der Waals surface area (Å²) in [5.74, 6) is 1.78. The number of likely N-dealkylation sites (tertiary alicyclic amines) is 1. The molecule has 1 saturated heterocycles. The smallest absolute Gasteiger partial charge is 0.161 e. The lowest BCUT2D eigenvalue weighted by Gasteiger charge is -2.31. The Kier molecular flexibility index (Phi) is 4.99. The average Bonchev–Trinajstić information content (AvgIpc) is 2.78. The molecule has 0 atom stereocenters. The second-order valence-corrected chi connectivity index (χ2v) is 5.92. The fourth-order valence-corrected chi connectivity index (χ4v) is 3.03. The highest BCUT2D eigenvalue weighted by Gasteiger charge is 2.17. The van der Waals surface area contributed by atoms with Gasteiger partial charge in [-0.25, -0.2) is 0 Å². The number of hydrogen-bond acceptors (Lipinski definition) is 4. The van der Waals surface area contributed by atoms with Gasteiger partial charge in [-0.05, 0) is 50.2 Å². The second kappa shape index (κ2) is 7.14. The van der Waals surface area contributed by atoms with Gasteiger partial charge in [0.05, 0.1) is 13.2 Å². The van der Waals surface area contributed by atoms with E-state index in [-0.39, 0.29) is 0 Å². The molecule has 0 bridgehead atoms. The van der Waals surface area contributed by atoms with Gasteiger partial charge in [0, 0.05) is 19.0 Å². The van der Waals surface area contributed by atoms with E-state index in [9.17, 15) is 0 Å². The molecule has 1 N–H and O–H groups in total. The summed E-state index contributed by atoms with van der Waals surface area (Å²) in [5.41, 5.74) is 1.28. The average molecular weight is 290 g/mol. The molecule has 1 aromatic rings. The van der Waals surface area contributed by atoms with Crippen molar-refractivity contribution in [2.24, 2.45) is 0 Å². The molecule has 2 aliphatic rings. The summed E-state index contributed by atoms with van der Waals surface area (Å²) in [5, 5.41) is 3.68. The third-order valence-corrected chi connectivity index (χ3v) is 4.44. The van der Waals surface area contributed by atoms with Crippen LogP contribution in [0.5, 0.6) is 11.5 Å². The van der Waals surface area contributed by atoms with E-state index in [1.807, 2.05) is 6.07 Å². The van der Waals surface area contributed by atoms with Crippen LogP contribution in [-0.2, 0) is 6.54 Å². The molecular formula is C17H26N2O2. The first-order valence-electron chi connectivity index (χ1n) is 8.19. The number of fused-ring (bicyclic) bond motifs is 1. The maximum atomic E-state index is 5.75. The summed E-state index contributed by atoms with van der Waals surface area (Å²) in [6.07, 6.45) is 3.45. The van der Waals surface area contributed by atoms with E-state index < -0.39 is 0 Å². The van der Waals surface area contributed by atoms with Crippen molar-refractivity contribution in [1.29, 1.82) is 0 Å². The van der Waals surface area contributed by atoms with Gasteiger partial charge >= 0.3 is 0 Å². The number of ether oxygens (including phenoxy) is 2. The fraction of sp³-hybridized carbons (Fsp3) is 0.647. The fourth-order valence-electron chi connectivity index (χ4n) is 3.03. The molecule has 0 aromatic heterocycles. The summed E-state index contributed by atoms with van der Waals surface area (Å²) in [4.78, 5) is 2.52. The molecule has 2 heterocycles. The van der Waals surface area contributed by atoms with Crippen LogP contribution in [0.2, 0.25) is 0 Å². The minimum atomic E-state index is 0.642. The molecule has 21 heavy (non-hydrogen) atoms. The van der Waals surface area contributed by atoms with E-state index in [4.69, 9.17) is 9.47 Å². The Hall–Kier alpha value is -1.26. The Balaban J connectivity index is 1.53. The number of rotatable bonds is 4. The van der Waals surface area contributed by atoms with Crippen molar-refractivity contribution < 1.29 is 9.47 Å². The van der Waals surface area contributed by atoms with E-state index in [1.165, 1.54) is 38.0 Å². The Morgan fingerprint density at radius 1 is 1.14 bits per heavy atom. The van der Waals surface area contributed by atoms with Crippen molar-refractivity contribution in [2.75, 3.05) is 32.8 Å². The van der Waals surface area contributed by atoms with Gasteiger partial charge in [-0.3, -0.25) is 0 Å². The van der Waals surface area contributed by atoms with Gasteiger partial charge < -0.3 is 19.7 Å². The van der Waals surface area contributed by atoms with Crippen LogP contribution in [0, 0.1) is 0 Å². The van der Waals surface area contributed by atoms with Crippen molar-refractivity contribution in [3.05, 3.63) is 23.8 Å². The predicted octanol–water partition coefficient (Wildman–Crippen LogP) is 2.42. The summed E-state index contributed by atoms with van der Waals surface area (Å²) in [6, 6.07) is 6.94. The molecular weight excluding hydrogens is 264 g/mol. The molecule has 1 fully saturated rings. The number of nitrogens with zero attached hydrogens (tertiary/aromatic N) is 1. The van der Waals surface area contributed by atoms with Crippen LogP contribution in [0.15, 0.2) is 18.2 Å². The molecule has 0 amide bonds. The van der Waals surface area contributed by atoms with Crippen LogP contribution < -0.4 is 14.8 Å². The first kappa shape index (κ1) is 14.7. The molecule has 3 rings (SSSR count). The molecule has 0 saturated carbocycles. The van der Waals surface area contributed by atoms with E-state index in [0.29, 0.717) is 6.04 Å². The largest absolute Gasteiger partial charge is 0.490 e. The number of piperidine rings is 1. The molecule has 4 heteroatoms. The Labute approximate surface area is 127 Å². The quantitative estimate of drug-likeness (QED) is 0.923. The number of benzene rings is 1. The summed E-state index contributed by atoms with van der Waals surface area (Å²) >= 11 is 0. The third kappa shape index (κ3) is 3.89. The van der Waals surface area contributed by atoms with Crippen molar-refractivity contribution in [3.63, 3.8) is 0 Å². The summed E-state index contributed by atoms with van der Waals surface area (Å²) < 4.78 is 11.4. The SMILES string of the molecule is CCN1CCC(NCc2ccc3c(c2)OCCCO3)CC1. The zero-order valence-electron chi connectivity index (χ0n) is 12.9. The molecule has 0 radical (unpaired) electrons. The lowest BCUT2D eigenvalue weighted by Crippen LogP contribution is -2.42. The van der Waals surface area contributed by atoms with Gasteiger partial charge in [-0.15, -0.1) is 0 Å². The summed E-state index contributed by atoms with van der Waals surface area (Å²) in [6.45, 7) is 8.26. The van der Waals surface area contributed by atoms with Crippen LogP contribution in [0.1, 0.15) is 31.7 Å². The topological polar surface area (TPSA) is 33.7 Å².